The summed E-state index contributed by atoms with van der Waals surface area (Å²) in [5.74, 6) is 3.24. The normalized spacial score (nSPS) is 15.7. The van der Waals surface area contributed by atoms with Crippen LogP contribution in [0.25, 0.3) is 0 Å². The molecule has 21 heavy (non-hydrogen) atoms. The van der Waals surface area contributed by atoms with Gasteiger partial charge in [0.2, 0.25) is 0 Å². The van der Waals surface area contributed by atoms with Crippen LogP contribution in [0.4, 0.5) is 0 Å². The van der Waals surface area contributed by atoms with E-state index >= 15 is 0 Å². The second-order valence-corrected chi connectivity index (χ2v) is 5.34. The molecular weight excluding hydrogens is 262 g/mol. The molecule has 0 amide bonds. The molecular formula is C18H21NO2. The number of para-hydroxylation sites is 1. The lowest BCUT2D eigenvalue weighted by molar-refractivity contribution is 0.411. The summed E-state index contributed by atoms with van der Waals surface area (Å²) in [6, 6.07) is 16.1. The molecule has 0 radical (unpaired) electrons. The SMILES string of the molecule is COc1ccc(Oc2ccccc2C2CCNCC2)cc1. The molecule has 3 heteroatoms. The van der Waals surface area contributed by atoms with E-state index in [1.807, 2.05) is 30.3 Å². The monoisotopic (exact) mass is 283 g/mol. The van der Waals surface area contributed by atoms with E-state index in [4.69, 9.17) is 9.47 Å². The van der Waals surface area contributed by atoms with Crippen molar-refractivity contribution in [2.24, 2.45) is 0 Å². The fourth-order valence-electron chi connectivity index (χ4n) is 2.81. The van der Waals surface area contributed by atoms with E-state index in [1.165, 1.54) is 18.4 Å². The van der Waals surface area contributed by atoms with Crippen molar-refractivity contribution in [3.8, 4) is 17.2 Å². The topological polar surface area (TPSA) is 30.5 Å². The summed E-state index contributed by atoms with van der Waals surface area (Å²) in [5, 5.41) is 3.41. The van der Waals surface area contributed by atoms with Gasteiger partial charge in [0.1, 0.15) is 17.2 Å². The van der Waals surface area contributed by atoms with Gasteiger partial charge in [0.25, 0.3) is 0 Å². The first-order chi connectivity index (χ1) is 10.4. The Balaban J connectivity index is 1.80. The van der Waals surface area contributed by atoms with E-state index in [0.717, 1.165) is 30.3 Å². The largest absolute Gasteiger partial charge is 0.497 e. The van der Waals surface area contributed by atoms with Crippen LogP contribution in [0, 0.1) is 0 Å². The lowest BCUT2D eigenvalue weighted by Gasteiger charge is -2.24. The molecule has 2 aromatic carbocycles. The standard InChI is InChI=1S/C18H21NO2/c1-20-15-6-8-16(9-7-15)21-18-5-3-2-4-17(18)14-10-12-19-13-11-14/h2-9,14,19H,10-13H2,1H3. The average molecular weight is 283 g/mol. The molecule has 1 saturated heterocycles. The van der Waals surface area contributed by atoms with Crippen LogP contribution >= 0.6 is 0 Å². The summed E-state index contributed by atoms with van der Waals surface area (Å²) in [4.78, 5) is 0. The molecule has 1 aliphatic heterocycles. The van der Waals surface area contributed by atoms with Gasteiger partial charge in [-0.2, -0.15) is 0 Å². The van der Waals surface area contributed by atoms with Crippen LogP contribution in [0.5, 0.6) is 17.2 Å². The maximum Gasteiger partial charge on any atom is 0.130 e. The van der Waals surface area contributed by atoms with Gasteiger partial charge >= 0.3 is 0 Å². The minimum absolute atomic E-state index is 0.584. The minimum atomic E-state index is 0.584. The second kappa shape index (κ2) is 6.64. The molecule has 2 aromatic rings. The zero-order valence-electron chi connectivity index (χ0n) is 12.3. The maximum absolute atomic E-state index is 6.09. The van der Waals surface area contributed by atoms with Gasteiger partial charge in [-0.1, -0.05) is 18.2 Å². The summed E-state index contributed by atoms with van der Waals surface area (Å²) in [6.07, 6.45) is 2.34. The number of nitrogens with one attached hydrogen (secondary N) is 1. The van der Waals surface area contributed by atoms with Crippen LogP contribution in [-0.2, 0) is 0 Å². The molecule has 0 unspecified atom stereocenters. The van der Waals surface area contributed by atoms with Gasteiger partial charge in [-0.25, -0.2) is 0 Å². The van der Waals surface area contributed by atoms with Gasteiger partial charge in [-0.15, -0.1) is 0 Å². The summed E-state index contributed by atoms with van der Waals surface area (Å²) < 4.78 is 11.3. The molecule has 110 valence electrons. The first kappa shape index (κ1) is 14.0. The first-order valence-electron chi connectivity index (χ1n) is 7.48. The average Bonchev–Trinajstić information content (AvgIpc) is 2.57. The highest BCUT2D eigenvalue weighted by atomic mass is 16.5. The molecule has 0 aromatic heterocycles. The van der Waals surface area contributed by atoms with Crippen molar-refractivity contribution >= 4 is 0 Å². The van der Waals surface area contributed by atoms with Crippen molar-refractivity contribution in [1.82, 2.24) is 5.32 Å². The maximum atomic E-state index is 6.09. The van der Waals surface area contributed by atoms with E-state index in [-0.39, 0.29) is 0 Å². The second-order valence-electron chi connectivity index (χ2n) is 5.34. The number of ether oxygens (including phenoxy) is 2. The molecule has 3 nitrogen and oxygen atoms in total. The Morgan fingerprint density at radius 2 is 1.57 bits per heavy atom. The Labute approximate surface area is 125 Å². The Kier molecular flexibility index (Phi) is 4.41. The van der Waals surface area contributed by atoms with Crippen LogP contribution in [0.2, 0.25) is 0 Å². The van der Waals surface area contributed by atoms with Crippen molar-refractivity contribution < 1.29 is 9.47 Å². The zero-order chi connectivity index (χ0) is 14.5. The van der Waals surface area contributed by atoms with Gasteiger partial charge in [0.15, 0.2) is 0 Å². The van der Waals surface area contributed by atoms with Crippen molar-refractivity contribution in [2.75, 3.05) is 20.2 Å². The minimum Gasteiger partial charge on any atom is -0.497 e. The first-order valence-corrected chi connectivity index (χ1v) is 7.48. The fraction of sp³-hybridized carbons (Fsp3) is 0.333. The van der Waals surface area contributed by atoms with Crippen molar-refractivity contribution in [3.05, 3.63) is 54.1 Å². The number of rotatable bonds is 4. The van der Waals surface area contributed by atoms with Gasteiger partial charge in [-0.05, 0) is 67.7 Å². The molecule has 3 rings (SSSR count). The number of methoxy groups -OCH3 is 1. The zero-order valence-corrected chi connectivity index (χ0v) is 12.3. The third-order valence-electron chi connectivity index (χ3n) is 3.99. The number of hydrogen-bond acceptors (Lipinski definition) is 3. The van der Waals surface area contributed by atoms with Gasteiger partial charge in [0, 0.05) is 0 Å². The van der Waals surface area contributed by atoms with E-state index in [1.54, 1.807) is 7.11 Å². The molecule has 1 heterocycles. The third-order valence-corrected chi connectivity index (χ3v) is 3.99. The Bertz CT molecular complexity index is 574. The smallest absolute Gasteiger partial charge is 0.130 e. The highest BCUT2D eigenvalue weighted by Gasteiger charge is 2.18. The lowest BCUT2D eigenvalue weighted by atomic mass is 9.89. The van der Waals surface area contributed by atoms with Crippen LogP contribution < -0.4 is 14.8 Å². The Morgan fingerprint density at radius 1 is 0.905 bits per heavy atom. The number of hydrogen-bond donors (Lipinski definition) is 1. The molecule has 1 N–H and O–H groups in total. The molecule has 1 fully saturated rings. The van der Waals surface area contributed by atoms with Gasteiger partial charge in [0.05, 0.1) is 7.11 Å². The number of benzene rings is 2. The predicted octanol–water partition coefficient (Wildman–Crippen LogP) is 3.95. The van der Waals surface area contributed by atoms with Gasteiger partial charge in [-0.3, -0.25) is 0 Å². The highest BCUT2D eigenvalue weighted by molar-refractivity contribution is 5.41. The van der Waals surface area contributed by atoms with Crippen LogP contribution in [0.3, 0.4) is 0 Å². The highest BCUT2D eigenvalue weighted by Crippen LogP contribution is 2.35. The van der Waals surface area contributed by atoms with Crippen molar-refractivity contribution in [1.29, 1.82) is 0 Å². The van der Waals surface area contributed by atoms with Crippen molar-refractivity contribution in [3.63, 3.8) is 0 Å². The number of piperidine rings is 1. The molecule has 0 aliphatic carbocycles. The predicted molar refractivity (Wildman–Crippen MR) is 84.4 cm³/mol. The molecule has 1 aliphatic rings. The van der Waals surface area contributed by atoms with Gasteiger partial charge < -0.3 is 14.8 Å². The molecule has 0 bridgehead atoms. The van der Waals surface area contributed by atoms with E-state index in [2.05, 4.69) is 23.5 Å². The molecule has 0 spiro atoms. The van der Waals surface area contributed by atoms with Crippen LogP contribution in [0.15, 0.2) is 48.5 Å². The summed E-state index contributed by atoms with van der Waals surface area (Å²) in [7, 11) is 1.67. The quantitative estimate of drug-likeness (QED) is 0.921. The Morgan fingerprint density at radius 3 is 2.29 bits per heavy atom. The van der Waals surface area contributed by atoms with E-state index < -0.39 is 0 Å². The van der Waals surface area contributed by atoms with Crippen LogP contribution in [0.1, 0.15) is 24.3 Å². The summed E-state index contributed by atoms with van der Waals surface area (Å²) in [5.41, 5.74) is 1.31. The summed E-state index contributed by atoms with van der Waals surface area (Å²) >= 11 is 0. The van der Waals surface area contributed by atoms with E-state index in [9.17, 15) is 0 Å². The van der Waals surface area contributed by atoms with E-state index in [0.29, 0.717) is 5.92 Å². The van der Waals surface area contributed by atoms with Crippen LogP contribution in [-0.4, -0.2) is 20.2 Å². The molecule has 0 atom stereocenters. The summed E-state index contributed by atoms with van der Waals surface area (Å²) in [6.45, 7) is 2.17. The third kappa shape index (κ3) is 3.37. The Hall–Kier alpha value is -2.00. The lowest BCUT2D eigenvalue weighted by Crippen LogP contribution is -2.26. The molecule has 0 saturated carbocycles. The van der Waals surface area contributed by atoms with Crippen molar-refractivity contribution in [2.45, 2.75) is 18.8 Å². The fourth-order valence-corrected chi connectivity index (χ4v) is 2.81.